The molecule has 0 saturated carbocycles. The lowest BCUT2D eigenvalue weighted by atomic mass is 9.80. The molecular weight excluding hydrogens is 450 g/mol. The minimum atomic E-state index is -0.315. The molecule has 0 fully saturated rings. The van der Waals surface area contributed by atoms with E-state index in [1.165, 1.54) is 12.5 Å². The second-order valence-electron chi connectivity index (χ2n) is 11.0. The predicted molar refractivity (Wildman–Crippen MR) is 145 cm³/mol. The molecule has 0 saturated heterocycles. The topological polar surface area (TPSA) is 85.9 Å². The average molecular weight is 484 g/mol. The summed E-state index contributed by atoms with van der Waals surface area (Å²) in [5.41, 5.74) is 14.7. The van der Waals surface area contributed by atoms with E-state index in [4.69, 9.17) is 20.2 Å². The van der Waals surface area contributed by atoms with E-state index in [0.717, 1.165) is 63.6 Å². The van der Waals surface area contributed by atoms with Crippen LogP contribution in [0.1, 0.15) is 56.9 Å². The van der Waals surface area contributed by atoms with Gasteiger partial charge in [-0.15, -0.1) is 0 Å². The summed E-state index contributed by atoms with van der Waals surface area (Å²) in [7, 11) is 1.70. The number of hydrogen-bond donors (Lipinski definition) is 2. The average Bonchev–Trinajstić information content (AvgIpc) is 3.12. The third-order valence-electron chi connectivity index (χ3n) is 6.74. The van der Waals surface area contributed by atoms with E-state index >= 15 is 0 Å². The number of nitrogens with zero attached hydrogens (tertiary/aromatic N) is 1. The number of nitrogen functional groups attached to an aromatic ring is 1. The van der Waals surface area contributed by atoms with Crippen LogP contribution in [0.25, 0.3) is 11.1 Å². The Balaban J connectivity index is 1.65. The number of nitrogens with one attached hydrogen (secondary N) is 1. The van der Waals surface area contributed by atoms with Crippen LogP contribution in [0.3, 0.4) is 0 Å². The van der Waals surface area contributed by atoms with Crippen LogP contribution in [-0.4, -0.2) is 29.9 Å². The summed E-state index contributed by atoms with van der Waals surface area (Å²) in [6.45, 7) is 10.0. The third-order valence-corrected chi connectivity index (χ3v) is 6.74. The molecule has 0 radical (unpaired) electrons. The van der Waals surface area contributed by atoms with Gasteiger partial charge < -0.3 is 20.5 Å². The molecule has 186 valence electrons. The van der Waals surface area contributed by atoms with Crippen LogP contribution in [0.2, 0.25) is 0 Å². The van der Waals surface area contributed by atoms with Gasteiger partial charge in [0.25, 0.3) is 0 Å². The molecule has 2 aliphatic heterocycles. The van der Waals surface area contributed by atoms with Crippen molar-refractivity contribution in [3.63, 3.8) is 0 Å². The van der Waals surface area contributed by atoms with E-state index in [9.17, 15) is 4.79 Å². The van der Waals surface area contributed by atoms with E-state index < -0.39 is 0 Å². The van der Waals surface area contributed by atoms with Gasteiger partial charge in [-0.3, -0.25) is 9.79 Å². The number of anilines is 2. The zero-order valence-corrected chi connectivity index (χ0v) is 21.8. The first-order chi connectivity index (χ1) is 17.0. The van der Waals surface area contributed by atoms with E-state index in [-0.39, 0.29) is 17.0 Å². The minimum Gasteiger partial charge on any atom is -0.493 e. The van der Waals surface area contributed by atoms with Crippen molar-refractivity contribution in [1.29, 1.82) is 0 Å². The monoisotopic (exact) mass is 483 g/mol. The molecule has 1 amide bonds. The number of nitrogens with two attached hydrogens (primary N) is 1. The van der Waals surface area contributed by atoms with Gasteiger partial charge in [-0.1, -0.05) is 18.2 Å². The van der Waals surface area contributed by atoms with Gasteiger partial charge in [0.15, 0.2) is 11.5 Å². The lowest BCUT2D eigenvalue weighted by Crippen LogP contribution is -2.30. The molecule has 2 heterocycles. The molecule has 0 unspecified atom stereocenters. The van der Waals surface area contributed by atoms with Gasteiger partial charge in [-0.2, -0.15) is 0 Å². The van der Waals surface area contributed by atoms with Gasteiger partial charge >= 0.3 is 0 Å². The van der Waals surface area contributed by atoms with Crippen LogP contribution in [-0.2, 0) is 17.6 Å². The number of aliphatic imine (C=N–C) groups is 1. The van der Waals surface area contributed by atoms with Crippen LogP contribution in [0.15, 0.2) is 53.5 Å². The molecule has 6 nitrogen and oxygen atoms in total. The smallest absolute Gasteiger partial charge is 0.221 e. The van der Waals surface area contributed by atoms with Crippen LogP contribution >= 0.6 is 0 Å². The van der Waals surface area contributed by atoms with Gasteiger partial charge in [-0.05, 0) is 75.6 Å². The third kappa shape index (κ3) is 4.32. The SMILES string of the molecule is COc1cc2c(c3c1OC(C)(C)C3)C(c1ccc(N)c(-c3ccc(NC(C)=O)cc3)c1)=NC(C)(C)C2. The minimum absolute atomic E-state index is 0.0998. The van der Waals surface area contributed by atoms with Crippen molar-refractivity contribution in [2.24, 2.45) is 4.99 Å². The summed E-state index contributed by atoms with van der Waals surface area (Å²) in [4.78, 5) is 16.6. The molecule has 36 heavy (non-hydrogen) atoms. The number of fused-ring (bicyclic) bond motifs is 3. The molecule has 0 aliphatic carbocycles. The summed E-state index contributed by atoms with van der Waals surface area (Å²) < 4.78 is 12.1. The molecule has 0 bridgehead atoms. The highest BCUT2D eigenvalue weighted by molar-refractivity contribution is 6.16. The number of carbonyl (C=O) groups excluding carboxylic acids is 1. The van der Waals surface area contributed by atoms with Gasteiger partial charge in [0.1, 0.15) is 5.60 Å². The van der Waals surface area contributed by atoms with Crippen molar-refractivity contribution in [1.82, 2.24) is 0 Å². The van der Waals surface area contributed by atoms with Gasteiger partial charge in [0, 0.05) is 47.0 Å². The van der Waals surface area contributed by atoms with E-state index in [2.05, 4.69) is 45.1 Å². The number of rotatable bonds is 4. The maximum absolute atomic E-state index is 11.4. The number of ether oxygens (including phenoxy) is 2. The van der Waals surface area contributed by atoms with Crippen molar-refractivity contribution >= 4 is 23.0 Å². The first-order valence-corrected chi connectivity index (χ1v) is 12.3. The molecule has 3 N–H and O–H groups in total. The van der Waals surface area contributed by atoms with Crippen LogP contribution in [0.5, 0.6) is 11.5 Å². The number of carbonyl (C=O) groups is 1. The standard InChI is InChI=1S/C30H33N3O3/c1-17(34)32-21-10-7-18(8-11-21)22-13-19(9-12-24(22)31)27-26-20(15-29(2,3)33-27)14-25(35-6)28-23(26)16-30(4,5)36-28/h7-14H,15-16,31H2,1-6H3,(H,32,34). The number of methoxy groups -OCH3 is 1. The Bertz CT molecular complexity index is 1400. The summed E-state index contributed by atoms with van der Waals surface area (Å²) in [5.74, 6) is 1.50. The predicted octanol–water partition coefficient (Wildman–Crippen LogP) is 5.79. The van der Waals surface area contributed by atoms with Crippen molar-refractivity contribution < 1.29 is 14.3 Å². The molecule has 3 aromatic rings. The largest absolute Gasteiger partial charge is 0.493 e. The molecule has 0 aromatic heterocycles. The van der Waals surface area contributed by atoms with Crippen molar-refractivity contribution in [2.45, 2.75) is 58.6 Å². The highest BCUT2D eigenvalue weighted by Gasteiger charge is 2.39. The van der Waals surface area contributed by atoms with Gasteiger partial charge in [-0.25, -0.2) is 0 Å². The quantitative estimate of drug-likeness (QED) is 0.460. The molecule has 3 aromatic carbocycles. The molecule has 0 atom stereocenters. The fraction of sp³-hybridized carbons (Fsp3) is 0.333. The summed E-state index contributed by atoms with van der Waals surface area (Å²) in [6, 6.07) is 15.9. The Morgan fingerprint density at radius 2 is 1.72 bits per heavy atom. The van der Waals surface area contributed by atoms with Crippen molar-refractivity contribution in [2.75, 3.05) is 18.2 Å². The number of benzene rings is 3. The highest BCUT2D eigenvalue weighted by atomic mass is 16.5. The molecule has 5 rings (SSSR count). The zero-order valence-electron chi connectivity index (χ0n) is 21.8. The maximum Gasteiger partial charge on any atom is 0.221 e. The fourth-order valence-corrected chi connectivity index (χ4v) is 5.32. The Morgan fingerprint density at radius 3 is 2.39 bits per heavy atom. The van der Waals surface area contributed by atoms with Crippen LogP contribution < -0.4 is 20.5 Å². The summed E-state index contributed by atoms with van der Waals surface area (Å²) >= 11 is 0. The highest BCUT2D eigenvalue weighted by Crippen LogP contribution is 2.48. The Morgan fingerprint density at radius 1 is 1.03 bits per heavy atom. The summed E-state index contributed by atoms with van der Waals surface area (Å²) in [5, 5.41) is 2.81. The first-order valence-electron chi connectivity index (χ1n) is 12.3. The second kappa shape index (κ2) is 8.40. The molecule has 6 heteroatoms. The Hall–Kier alpha value is -3.80. The Labute approximate surface area is 212 Å². The first kappa shape index (κ1) is 23.9. The summed E-state index contributed by atoms with van der Waals surface area (Å²) in [6.07, 6.45) is 1.61. The normalized spacial score (nSPS) is 16.9. The lowest BCUT2D eigenvalue weighted by Gasteiger charge is -2.31. The van der Waals surface area contributed by atoms with Crippen molar-refractivity contribution in [3.8, 4) is 22.6 Å². The van der Waals surface area contributed by atoms with Crippen LogP contribution in [0.4, 0.5) is 11.4 Å². The molecule has 0 spiro atoms. The zero-order chi connectivity index (χ0) is 25.8. The lowest BCUT2D eigenvalue weighted by molar-refractivity contribution is -0.114. The number of hydrogen-bond acceptors (Lipinski definition) is 5. The fourth-order valence-electron chi connectivity index (χ4n) is 5.32. The maximum atomic E-state index is 11.4. The Kier molecular flexibility index (Phi) is 5.58. The van der Waals surface area contributed by atoms with Gasteiger partial charge in [0.05, 0.1) is 18.4 Å². The number of amides is 1. The van der Waals surface area contributed by atoms with E-state index in [1.807, 2.05) is 36.4 Å². The van der Waals surface area contributed by atoms with E-state index in [1.54, 1.807) is 7.11 Å². The second-order valence-corrected chi connectivity index (χ2v) is 11.0. The molecular formula is C30H33N3O3. The van der Waals surface area contributed by atoms with Gasteiger partial charge in [0.2, 0.25) is 5.91 Å². The van der Waals surface area contributed by atoms with Crippen molar-refractivity contribution in [3.05, 3.63) is 70.8 Å². The molecule has 2 aliphatic rings. The van der Waals surface area contributed by atoms with E-state index in [0.29, 0.717) is 5.69 Å². The van der Waals surface area contributed by atoms with Crippen LogP contribution in [0, 0.1) is 0 Å².